The normalized spacial score (nSPS) is 13.0. The van der Waals surface area contributed by atoms with Gasteiger partial charge in [-0.2, -0.15) is 0 Å². The number of fused-ring (bicyclic) bond motifs is 1. The highest BCUT2D eigenvalue weighted by atomic mass is 16.5. The van der Waals surface area contributed by atoms with E-state index < -0.39 is 0 Å². The Morgan fingerprint density at radius 3 is 2.50 bits per heavy atom. The van der Waals surface area contributed by atoms with Gasteiger partial charge in [-0.05, 0) is 54.5 Å². The van der Waals surface area contributed by atoms with Gasteiger partial charge in [0.05, 0.1) is 11.9 Å². The second-order valence-corrected chi connectivity index (χ2v) is 7.30. The topological polar surface area (TPSA) is 40.5 Å². The van der Waals surface area contributed by atoms with Crippen molar-refractivity contribution in [2.24, 2.45) is 7.05 Å². The highest BCUT2D eigenvalue weighted by Crippen LogP contribution is 2.25. The number of aryl methyl sites for hydroxylation is 3. The van der Waals surface area contributed by atoms with E-state index in [-0.39, 0.29) is 5.43 Å². The molecular formula is C24H25NO3. The molecule has 1 aromatic heterocycles. The largest absolute Gasteiger partial charge is 0.487 e. The van der Waals surface area contributed by atoms with E-state index in [2.05, 4.69) is 12.1 Å². The number of hydrogen-bond acceptors (Lipinski definition) is 3. The lowest BCUT2D eigenvalue weighted by Crippen LogP contribution is -2.15. The van der Waals surface area contributed by atoms with Crippen LogP contribution in [0.2, 0.25) is 0 Å². The highest BCUT2D eigenvalue weighted by Gasteiger charge is 2.11. The van der Waals surface area contributed by atoms with Crippen molar-refractivity contribution in [3.8, 4) is 11.5 Å². The van der Waals surface area contributed by atoms with Crippen LogP contribution >= 0.6 is 0 Å². The Morgan fingerprint density at radius 2 is 1.68 bits per heavy atom. The molecule has 0 atom stereocenters. The summed E-state index contributed by atoms with van der Waals surface area (Å²) in [5.74, 6) is 1.21. The van der Waals surface area contributed by atoms with Crippen LogP contribution in [0, 0.1) is 0 Å². The SMILES string of the molecule is Cn1cc(OCc2ccccc2)c(=O)cc1COc1ccc2c(c1)CCCC2. The van der Waals surface area contributed by atoms with Gasteiger partial charge in [-0.25, -0.2) is 0 Å². The fourth-order valence-corrected chi connectivity index (χ4v) is 3.59. The smallest absolute Gasteiger partial charge is 0.223 e. The van der Waals surface area contributed by atoms with Crippen molar-refractivity contribution in [2.45, 2.75) is 38.9 Å². The molecule has 0 fully saturated rings. The Labute approximate surface area is 165 Å². The lowest BCUT2D eigenvalue weighted by molar-refractivity contribution is 0.287. The van der Waals surface area contributed by atoms with Crippen molar-refractivity contribution in [1.82, 2.24) is 4.57 Å². The summed E-state index contributed by atoms with van der Waals surface area (Å²) in [5, 5.41) is 0. The first kappa shape index (κ1) is 18.4. The van der Waals surface area contributed by atoms with E-state index in [4.69, 9.17) is 9.47 Å². The minimum absolute atomic E-state index is 0.127. The first-order chi connectivity index (χ1) is 13.7. The molecular weight excluding hydrogens is 350 g/mol. The van der Waals surface area contributed by atoms with Crippen LogP contribution in [-0.4, -0.2) is 4.57 Å². The molecule has 0 saturated carbocycles. The van der Waals surface area contributed by atoms with Crippen molar-refractivity contribution in [2.75, 3.05) is 0 Å². The van der Waals surface area contributed by atoms with E-state index >= 15 is 0 Å². The molecule has 1 heterocycles. The van der Waals surface area contributed by atoms with Crippen molar-refractivity contribution in [1.29, 1.82) is 0 Å². The quantitative estimate of drug-likeness (QED) is 0.640. The van der Waals surface area contributed by atoms with Gasteiger partial charge in [0.25, 0.3) is 0 Å². The van der Waals surface area contributed by atoms with Gasteiger partial charge in [0, 0.05) is 13.1 Å². The van der Waals surface area contributed by atoms with Gasteiger partial charge >= 0.3 is 0 Å². The van der Waals surface area contributed by atoms with Crippen LogP contribution in [0.4, 0.5) is 0 Å². The average molecular weight is 375 g/mol. The van der Waals surface area contributed by atoms with Gasteiger partial charge in [0.15, 0.2) is 5.75 Å². The zero-order valence-electron chi connectivity index (χ0n) is 16.2. The fraction of sp³-hybridized carbons (Fsp3) is 0.292. The number of rotatable bonds is 6. The highest BCUT2D eigenvalue weighted by molar-refractivity contribution is 5.37. The molecule has 0 radical (unpaired) electrons. The maximum Gasteiger partial charge on any atom is 0.223 e. The second-order valence-electron chi connectivity index (χ2n) is 7.30. The van der Waals surface area contributed by atoms with Crippen molar-refractivity contribution >= 4 is 0 Å². The van der Waals surface area contributed by atoms with E-state index in [1.54, 1.807) is 12.3 Å². The van der Waals surface area contributed by atoms with Crippen LogP contribution in [0.25, 0.3) is 0 Å². The molecule has 1 aliphatic rings. The molecule has 0 bridgehead atoms. The number of pyridine rings is 1. The van der Waals surface area contributed by atoms with Gasteiger partial charge in [-0.1, -0.05) is 36.4 Å². The molecule has 0 aliphatic heterocycles. The van der Waals surface area contributed by atoms with E-state index in [0.29, 0.717) is 19.0 Å². The minimum Gasteiger partial charge on any atom is -0.487 e. The van der Waals surface area contributed by atoms with E-state index in [0.717, 1.165) is 29.8 Å². The molecule has 4 nitrogen and oxygen atoms in total. The van der Waals surface area contributed by atoms with Gasteiger partial charge in [0.1, 0.15) is 19.0 Å². The molecule has 3 aromatic rings. The first-order valence-electron chi connectivity index (χ1n) is 9.80. The molecule has 0 N–H and O–H groups in total. The monoisotopic (exact) mass is 375 g/mol. The number of benzene rings is 2. The molecule has 4 rings (SSSR count). The van der Waals surface area contributed by atoms with Crippen LogP contribution in [-0.2, 0) is 33.1 Å². The summed E-state index contributed by atoms with van der Waals surface area (Å²) in [6.45, 7) is 0.727. The molecule has 0 spiro atoms. The van der Waals surface area contributed by atoms with Gasteiger partial charge in [-0.15, -0.1) is 0 Å². The first-order valence-corrected chi connectivity index (χ1v) is 9.80. The summed E-state index contributed by atoms with van der Waals surface area (Å²) < 4.78 is 13.6. The van der Waals surface area contributed by atoms with Crippen LogP contribution in [0.15, 0.2) is 65.6 Å². The maximum absolute atomic E-state index is 12.4. The van der Waals surface area contributed by atoms with Crippen molar-refractivity contribution in [3.63, 3.8) is 0 Å². The number of ether oxygens (including phenoxy) is 2. The second kappa shape index (κ2) is 8.34. The molecule has 0 saturated heterocycles. The number of hydrogen-bond donors (Lipinski definition) is 0. The van der Waals surface area contributed by atoms with Crippen LogP contribution in [0.1, 0.15) is 35.2 Å². The molecule has 144 valence electrons. The van der Waals surface area contributed by atoms with Crippen molar-refractivity contribution < 1.29 is 9.47 Å². The molecule has 28 heavy (non-hydrogen) atoms. The lowest BCUT2D eigenvalue weighted by atomic mass is 9.92. The Morgan fingerprint density at radius 1 is 0.893 bits per heavy atom. The Balaban J connectivity index is 1.42. The number of aromatic nitrogens is 1. The Hall–Kier alpha value is -3.01. The maximum atomic E-state index is 12.4. The molecule has 2 aromatic carbocycles. The summed E-state index contributed by atoms with van der Waals surface area (Å²) in [6, 6.07) is 17.8. The van der Waals surface area contributed by atoms with Gasteiger partial charge in [-0.3, -0.25) is 4.79 Å². The van der Waals surface area contributed by atoms with Gasteiger partial charge < -0.3 is 14.0 Å². The molecule has 0 amide bonds. The van der Waals surface area contributed by atoms with Crippen molar-refractivity contribution in [3.05, 3.63) is 93.4 Å². The van der Waals surface area contributed by atoms with Crippen LogP contribution in [0.3, 0.4) is 0 Å². The minimum atomic E-state index is -0.127. The summed E-state index contributed by atoms with van der Waals surface area (Å²) in [5.41, 5.74) is 4.55. The zero-order chi connectivity index (χ0) is 19.3. The predicted molar refractivity (Wildman–Crippen MR) is 110 cm³/mol. The summed E-state index contributed by atoms with van der Waals surface area (Å²) >= 11 is 0. The standard InChI is InChI=1S/C24H25NO3/c1-25-15-24(28-16-18-7-3-2-4-8-18)23(26)14-21(25)17-27-22-12-11-19-9-5-6-10-20(19)13-22/h2-4,7-8,11-15H,5-6,9-10,16-17H2,1H3. The van der Waals surface area contributed by atoms with E-state index in [9.17, 15) is 4.79 Å². The average Bonchev–Trinajstić information content (AvgIpc) is 2.73. The van der Waals surface area contributed by atoms with E-state index in [1.807, 2.05) is 48.0 Å². The predicted octanol–water partition coefficient (Wildman–Crippen LogP) is 4.42. The molecule has 1 aliphatic carbocycles. The van der Waals surface area contributed by atoms with Gasteiger partial charge in [0.2, 0.25) is 5.43 Å². The van der Waals surface area contributed by atoms with Crippen LogP contribution in [0.5, 0.6) is 11.5 Å². The number of nitrogens with zero attached hydrogens (tertiary/aromatic N) is 1. The summed E-state index contributed by atoms with van der Waals surface area (Å²) in [4.78, 5) is 12.4. The third kappa shape index (κ3) is 4.28. The van der Waals surface area contributed by atoms with Crippen LogP contribution < -0.4 is 14.9 Å². The van der Waals surface area contributed by atoms with E-state index in [1.165, 1.54) is 24.0 Å². The molecule has 0 unspecified atom stereocenters. The third-order valence-corrected chi connectivity index (χ3v) is 5.25. The Kier molecular flexibility index (Phi) is 5.47. The Bertz CT molecular complexity index is 1010. The summed E-state index contributed by atoms with van der Waals surface area (Å²) in [6.07, 6.45) is 6.53. The third-order valence-electron chi connectivity index (χ3n) is 5.25. The fourth-order valence-electron chi connectivity index (χ4n) is 3.59. The lowest BCUT2D eigenvalue weighted by Gasteiger charge is -2.17. The zero-order valence-corrected chi connectivity index (χ0v) is 16.2. The summed E-state index contributed by atoms with van der Waals surface area (Å²) in [7, 11) is 1.90. The molecule has 4 heteroatoms.